The number of rotatable bonds is 8. The molecule has 1 aromatic rings. The molecule has 1 unspecified atom stereocenters. The Hall–Kier alpha value is -1.37. The molecule has 1 saturated heterocycles. The Kier molecular flexibility index (Phi) is 12.3. The number of halogens is 1. The molecule has 9 nitrogen and oxygen atoms in total. The molecule has 11 heteroatoms. The minimum Gasteiger partial charge on any atom is -0.450 e. The van der Waals surface area contributed by atoms with Crippen molar-refractivity contribution in [2.75, 3.05) is 51.3 Å². The fourth-order valence-corrected chi connectivity index (χ4v) is 4.08. The van der Waals surface area contributed by atoms with Crippen molar-refractivity contribution in [3.63, 3.8) is 0 Å². The van der Waals surface area contributed by atoms with E-state index in [1.165, 1.54) is 11.5 Å². The summed E-state index contributed by atoms with van der Waals surface area (Å²) in [7, 11) is 1.79. The van der Waals surface area contributed by atoms with Crippen molar-refractivity contribution in [1.82, 2.24) is 24.9 Å². The lowest BCUT2D eigenvalue weighted by Crippen LogP contribution is -2.54. The molecule has 1 atom stereocenters. The first kappa shape index (κ1) is 26.7. The molecule has 2 N–H and O–H groups in total. The average Bonchev–Trinajstić information content (AvgIpc) is 3.18. The van der Waals surface area contributed by atoms with E-state index in [-0.39, 0.29) is 36.1 Å². The van der Waals surface area contributed by atoms with Crippen molar-refractivity contribution in [2.45, 2.75) is 46.6 Å². The molecule has 0 spiro atoms. The standard InChI is InChI=1S/C19H35N7O2S.HI/c1-6-16-23-18(29-24-16)26-10-8-25(9-11-26)17(20-5)21-13-15(12-14(3)4)22-19(27)28-7-2;/h14-15H,6-13H2,1-5H3,(H,20,21)(H,22,27);1H. The van der Waals surface area contributed by atoms with Gasteiger partial charge < -0.3 is 25.2 Å². The van der Waals surface area contributed by atoms with Gasteiger partial charge in [-0.1, -0.05) is 20.8 Å². The smallest absolute Gasteiger partial charge is 0.407 e. The molecule has 1 aromatic heterocycles. The van der Waals surface area contributed by atoms with Gasteiger partial charge in [-0.05, 0) is 19.3 Å². The number of alkyl carbamates (subject to hydrolysis) is 1. The van der Waals surface area contributed by atoms with Crippen LogP contribution in [0.4, 0.5) is 9.93 Å². The van der Waals surface area contributed by atoms with Crippen LogP contribution in [0.5, 0.6) is 0 Å². The topological polar surface area (TPSA) is 95.0 Å². The number of ether oxygens (including phenoxy) is 1. The Balaban J connectivity index is 0.00000450. The number of piperazine rings is 1. The number of aromatic nitrogens is 2. The highest BCUT2D eigenvalue weighted by Gasteiger charge is 2.23. The third-order valence-corrected chi connectivity index (χ3v) is 5.51. The van der Waals surface area contributed by atoms with Gasteiger partial charge in [-0.2, -0.15) is 4.37 Å². The maximum absolute atomic E-state index is 11.8. The molecule has 1 aliphatic heterocycles. The molecule has 30 heavy (non-hydrogen) atoms. The summed E-state index contributed by atoms with van der Waals surface area (Å²) in [4.78, 5) is 25.4. The Bertz CT molecular complexity index is 663. The zero-order valence-corrected chi connectivity index (χ0v) is 21.8. The molecule has 0 radical (unpaired) electrons. The monoisotopic (exact) mass is 553 g/mol. The van der Waals surface area contributed by atoms with Crippen LogP contribution in [0.3, 0.4) is 0 Å². The fourth-order valence-electron chi connectivity index (χ4n) is 3.27. The first-order valence-corrected chi connectivity index (χ1v) is 11.2. The normalized spacial score (nSPS) is 15.6. The van der Waals surface area contributed by atoms with Gasteiger partial charge in [-0.25, -0.2) is 9.78 Å². The summed E-state index contributed by atoms with van der Waals surface area (Å²) in [6.07, 6.45) is 1.37. The van der Waals surface area contributed by atoms with Crippen molar-refractivity contribution >= 4 is 52.7 Å². The Morgan fingerprint density at radius 1 is 1.27 bits per heavy atom. The number of hydrogen-bond acceptors (Lipinski definition) is 7. The third-order valence-electron chi connectivity index (χ3n) is 4.70. The lowest BCUT2D eigenvalue weighted by Gasteiger charge is -2.36. The first-order chi connectivity index (χ1) is 14.0. The van der Waals surface area contributed by atoms with Crippen LogP contribution in [0.2, 0.25) is 0 Å². The van der Waals surface area contributed by atoms with Crippen molar-refractivity contribution in [3.8, 4) is 0 Å². The van der Waals surface area contributed by atoms with E-state index in [1.807, 2.05) is 6.92 Å². The second kappa shape index (κ2) is 13.8. The van der Waals surface area contributed by atoms with Gasteiger partial charge in [0.25, 0.3) is 0 Å². The van der Waals surface area contributed by atoms with Gasteiger partial charge in [-0.15, -0.1) is 24.0 Å². The number of aliphatic imine (C=N–C) groups is 1. The van der Waals surface area contributed by atoms with Gasteiger partial charge >= 0.3 is 6.09 Å². The molecule has 1 fully saturated rings. The van der Waals surface area contributed by atoms with Gasteiger partial charge in [0.15, 0.2) is 5.96 Å². The van der Waals surface area contributed by atoms with Crippen LogP contribution in [0, 0.1) is 5.92 Å². The van der Waals surface area contributed by atoms with Gasteiger partial charge in [0.05, 0.1) is 6.61 Å². The molecule has 1 aliphatic rings. The van der Waals surface area contributed by atoms with E-state index < -0.39 is 0 Å². The van der Waals surface area contributed by atoms with E-state index in [2.05, 4.69) is 55.6 Å². The average molecular weight is 554 g/mol. The number of anilines is 1. The zero-order valence-electron chi connectivity index (χ0n) is 18.7. The molecule has 0 aliphatic carbocycles. The van der Waals surface area contributed by atoms with Crippen molar-refractivity contribution in [1.29, 1.82) is 0 Å². The zero-order chi connectivity index (χ0) is 21.2. The Labute approximate surface area is 201 Å². The summed E-state index contributed by atoms with van der Waals surface area (Å²) in [6, 6.07) is -0.0130. The van der Waals surface area contributed by atoms with E-state index >= 15 is 0 Å². The van der Waals surface area contributed by atoms with Crippen molar-refractivity contribution < 1.29 is 9.53 Å². The Morgan fingerprint density at radius 3 is 2.50 bits per heavy atom. The second-order valence-electron chi connectivity index (χ2n) is 7.44. The van der Waals surface area contributed by atoms with E-state index in [0.717, 1.165) is 55.9 Å². The SMILES string of the molecule is CCOC(=O)NC(CNC(=NC)N1CCN(c2nc(CC)ns2)CC1)CC(C)C.I. The molecular formula is C19H36IN7O2S. The number of nitrogens with one attached hydrogen (secondary N) is 2. The molecule has 0 saturated carbocycles. The van der Waals surface area contributed by atoms with E-state index in [0.29, 0.717) is 19.1 Å². The predicted molar refractivity (Wildman–Crippen MR) is 133 cm³/mol. The van der Waals surface area contributed by atoms with Crippen molar-refractivity contribution in [2.24, 2.45) is 10.9 Å². The minimum absolute atomic E-state index is 0. The summed E-state index contributed by atoms with van der Waals surface area (Å²) in [5.41, 5.74) is 0. The molecule has 1 amide bonds. The van der Waals surface area contributed by atoms with Gasteiger partial charge in [0.2, 0.25) is 5.13 Å². The minimum atomic E-state index is -0.368. The summed E-state index contributed by atoms with van der Waals surface area (Å²) >= 11 is 1.47. The van der Waals surface area contributed by atoms with Crippen LogP contribution >= 0.6 is 35.5 Å². The molecule has 0 bridgehead atoms. The highest BCUT2D eigenvalue weighted by Crippen LogP contribution is 2.19. The number of amides is 1. The predicted octanol–water partition coefficient (Wildman–Crippen LogP) is 2.58. The second-order valence-corrected chi connectivity index (χ2v) is 8.17. The molecule has 0 aromatic carbocycles. The summed E-state index contributed by atoms with van der Waals surface area (Å²) in [6.45, 7) is 12.6. The van der Waals surface area contributed by atoms with Crippen LogP contribution in [-0.2, 0) is 11.2 Å². The van der Waals surface area contributed by atoms with E-state index in [1.54, 1.807) is 7.05 Å². The quantitative estimate of drug-likeness (QED) is 0.290. The number of carbonyl (C=O) groups excluding carboxylic acids is 1. The number of nitrogens with zero attached hydrogens (tertiary/aromatic N) is 5. The number of carbonyl (C=O) groups is 1. The van der Waals surface area contributed by atoms with Crippen LogP contribution < -0.4 is 15.5 Å². The van der Waals surface area contributed by atoms with Crippen LogP contribution in [0.15, 0.2) is 4.99 Å². The Morgan fingerprint density at radius 2 is 1.97 bits per heavy atom. The molecule has 2 heterocycles. The van der Waals surface area contributed by atoms with Crippen LogP contribution in [0.1, 0.15) is 39.9 Å². The van der Waals surface area contributed by atoms with Crippen molar-refractivity contribution in [3.05, 3.63) is 5.82 Å². The van der Waals surface area contributed by atoms with Gasteiger partial charge in [0.1, 0.15) is 5.82 Å². The third kappa shape index (κ3) is 8.40. The fraction of sp³-hybridized carbons (Fsp3) is 0.789. The summed E-state index contributed by atoms with van der Waals surface area (Å²) in [5.74, 6) is 2.24. The maximum atomic E-state index is 11.8. The van der Waals surface area contributed by atoms with Crippen LogP contribution in [-0.4, -0.2) is 78.7 Å². The number of guanidine groups is 1. The maximum Gasteiger partial charge on any atom is 0.407 e. The summed E-state index contributed by atoms with van der Waals surface area (Å²) in [5, 5.41) is 7.37. The largest absolute Gasteiger partial charge is 0.450 e. The van der Waals surface area contributed by atoms with Gasteiger partial charge in [-0.3, -0.25) is 4.99 Å². The summed E-state index contributed by atoms with van der Waals surface area (Å²) < 4.78 is 9.42. The highest BCUT2D eigenvalue weighted by molar-refractivity contribution is 14.0. The number of hydrogen-bond donors (Lipinski definition) is 2. The van der Waals surface area contributed by atoms with E-state index in [9.17, 15) is 4.79 Å². The highest BCUT2D eigenvalue weighted by atomic mass is 127. The van der Waals surface area contributed by atoms with Crippen LogP contribution in [0.25, 0.3) is 0 Å². The molecule has 2 rings (SSSR count). The van der Waals surface area contributed by atoms with Gasteiger partial charge in [0, 0.05) is 63.8 Å². The first-order valence-electron chi connectivity index (χ1n) is 10.4. The lowest BCUT2D eigenvalue weighted by atomic mass is 10.0. The lowest BCUT2D eigenvalue weighted by molar-refractivity contribution is 0.146. The van der Waals surface area contributed by atoms with E-state index in [4.69, 9.17) is 4.74 Å². The number of aryl methyl sites for hydroxylation is 1. The molecular weight excluding hydrogens is 517 g/mol. The molecule has 172 valence electrons.